The standard InChI is InChI=1S/C14H19FN2O/c1-14(16)9-3-2-4-12(14)13(18)17-11-7-5-10(15)6-8-11/h5-8,12H,2-4,9,16H2,1H3,(H,17,18). The molecule has 0 spiro atoms. The highest BCUT2D eigenvalue weighted by molar-refractivity contribution is 5.93. The number of benzene rings is 1. The molecule has 0 heterocycles. The zero-order chi connectivity index (χ0) is 13.2. The second-order valence-corrected chi connectivity index (χ2v) is 5.30. The fraction of sp³-hybridized carbons (Fsp3) is 0.500. The summed E-state index contributed by atoms with van der Waals surface area (Å²) < 4.78 is 12.8. The second-order valence-electron chi connectivity index (χ2n) is 5.30. The number of hydrogen-bond acceptors (Lipinski definition) is 2. The Kier molecular flexibility index (Phi) is 3.66. The lowest BCUT2D eigenvalue weighted by Crippen LogP contribution is -2.51. The van der Waals surface area contributed by atoms with E-state index in [1.807, 2.05) is 6.92 Å². The van der Waals surface area contributed by atoms with Crippen molar-refractivity contribution in [2.45, 2.75) is 38.1 Å². The second kappa shape index (κ2) is 5.06. The number of nitrogens with two attached hydrogens (primary N) is 1. The summed E-state index contributed by atoms with van der Waals surface area (Å²) in [6.45, 7) is 1.93. The van der Waals surface area contributed by atoms with Crippen LogP contribution in [0.4, 0.5) is 10.1 Å². The molecule has 2 unspecified atom stereocenters. The highest BCUT2D eigenvalue weighted by atomic mass is 19.1. The van der Waals surface area contributed by atoms with Crippen LogP contribution in [0.1, 0.15) is 32.6 Å². The number of halogens is 1. The molecule has 2 rings (SSSR count). The molecular formula is C14H19FN2O. The minimum atomic E-state index is -0.442. The van der Waals surface area contributed by atoms with Gasteiger partial charge in [0.15, 0.2) is 0 Å². The first-order valence-corrected chi connectivity index (χ1v) is 6.34. The number of anilines is 1. The van der Waals surface area contributed by atoms with E-state index in [0.29, 0.717) is 5.69 Å². The van der Waals surface area contributed by atoms with Gasteiger partial charge in [0.05, 0.1) is 5.92 Å². The summed E-state index contributed by atoms with van der Waals surface area (Å²) in [4.78, 5) is 12.2. The van der Waals surface area contributed by atoms with Gasteiger partial charge in [0.2, 0.25) is 5.91 Å². The van der Waals surface area contributed by atoms with Crippen LogP contribution in [0.5, 0.6) is 0 Å². The quantitative estimate of drug-likeness (QED) is 0.847. The van der Waals surface area contributed by atoms with Crippen molar-refractivity contribution in [1.82, 2.24) is 0 Å². The minimum Gasteiger partial charge on any atom is -0.326 e. The number of amides is 1. The van der Waals surface area contributed by atoms with Crippen LogP contribution in [0.15, 0.2) is 24.3 Å². The van der Waals surface area contributed by atoms with Crippen molar-refractivity contribution in [3.05, 3.63) is 30.1 Å². The van der Waals surface area contributed by atoms with E-state index >= 15 is 0 Å². The Morgan fingerprint density at radius 2 is 2.06 bits per heavy atom. The fourth-order valence-electron chi connectivity index (χ4n) is 2.55. The Morgan fingerprint density at radius 1 is 1.39 bits per heavy atom. The molecule has 1 fully saturated rings. The van der Waals surface area contributed by atoms with Crippen molar-refractivity contribution in [2.24, 2.45) is 11.7 Å². The lowest BCUT2D eigenvalue weighted by molar-refractivity contribution is -0.122. The number of nitrogens with one attached hydrogen (secondary N) is 1. The number of rotatable bonds is 2. The van der Waals surface area contributed by atoms with Gasteiger partial charge in [-0.2, -0.15) is 0 Å². The molecule has 1 aliphatic rings. The van der Waals surface area contributed by atoms with Gasteiger partial charge in [-0.1, -0.05) is 12.8 Å². The molecule has 18 heavy (non-hydrogen) atoms. The first-order valence-electron chi connectivity index (χ1n) is 6.34. The molecular weight excluding hydrogens is 231 g/mol. The van der Waals surface area contributed by atoms with Gasteiger partial charge in [-0.25, -0.2) is 4.39 Å². The average molecular weight is 250 g/mol. The van der Waals surface area contributed by atoms with E-state index in [9.17, 15) is 9.18 Å². The monoisotopic (exact) mass is 250 g/mol. The minimum absolute atomic E-state index is 0.0636. The zero-order valence-electron chi connectivity index (χ0n) is 10.6. The molecule has 0 bridgehead atoms. The molecule has 3 nitrogen and oxygen atoms in total. The zero-order valence-corrected chi connectivity index (χ0v) is 10.6. The molecule has 98 valence electrons. The van der Waals surface area contributed by atoms with Crippen LogP contribution in [-0.2, 0) is 4.79 Å². The van der Waals surface area contributed by atoms with Gasteiger partial charge in [0.25, 0.3) is 0 Å². The lowest BCUT2D eigenvalue weighted by Gasteiger charge is -2.37. The number of carbonyl (C=O) groups excluding carboxylic acids is 1. The first kappa shape index (κ1) is 13.0. The van der Waals surface area contributed by atoms with E-state index in [4.69, 9.17) is 5.73 Å². The van der Waals surface area contributed by atoms with Gasteiger partial charge in [0.1, 0.15) is 5.82 Å². The van der Waals surface area contributed by atoms with Gasteiger partial charge in [-0.3, -0.25) is 4.79 Å². The van der Waals surface area contributed by atoms with Crippen LogP contribution >= 0.6 is 0 Å². The lowest BCUT2D eigenvalue weighted by atomic mass is 9.74. The molecule has 2 atom stereocenters. The number of hydrogen-bond donors (Lipinski definition) is 2. The van der Waals surface area contributed by atoms with Crippen molar-refractivity contribution in [3.63, 3.8) is 0 Å². The molecule has 1 amide bonds. The molecule has 0 saturated heterocycles. The van der Waals surface area contributed by atoms with E-state index in [1.165, 1.54) is 12.1 Å². The van der Waals surface area contributed by atoms with Gasteiger partial charge >= 0.3 is 0 Å². The normalized spacial score (nSPS) is 27.8. The van der Waals surface area contributed by atoms with Crippen LogP contribution in [0.25, 0.3) is 0 Å². The van der Waals surface area contributed by atoms with Crippen LogP contribution < -0.4 is 11.1 Å². The summed E-state index contributed by atoms with van der Waals surface area (Å²) in [6, 6.07) is 5.78. The summed E-state index contributed by atoms with van der Waals surface area (Å²) in [6.07, 6.45) is 3.80. The van der Waals surface area contributed by atoms with Crippen molar-refractivity contribution < 1.29 is 9.18 Å². The van der Waals surface area contributed by atoms with E-state index in [2.05, 4.69) is 5.32 Å². The summed E-state index contributed by atoms with van der Waals surface area (Å²) in [7, 11) is 0. The Bertz CT molecular complexity index is 428. The Labute approximate surface area is 107 Å². The van der Waals surface area contributed by atoms with Crippen LogP contribution in [-0.4, -0.2) is 11.4 Å². The first-order chi connectivity index (χ1) is 8.49. The molecule has 1 aromatic rings. The number of carbonyl (C=O) groups is 1. The third-order valence-electron chi connectivity index (χ3n) is 3.68. The molecule has 0 radical (unpaired) electrons. The largest absolute Gasteiger partial charge is 0.326 e. The van der Waals surface area contributed by atoms with Gasteiger partial charge in [-0.15, -0.1) is 0 Å². The van der Waals surface area contributed by atoms with Gasteiger partial charge in [-0.05, 0) is 44.0 Å². The molecule has 3 N–H and O–H groups in total. The Hall–Kier alpha value is -1.42. The average Bonchev–Trinajstić information content (AvgIpc) is 2.31. The molecule has 0 aromatic heterocycles. The molecule has 0 aliphatic heterocycles. The van der Waals surface area contributed by atoms with Crippen molar-refractivity contribution in [2.75, 3.05) is 5.32 Å². The van der Waals surface area contributed by atoms with Crippen LogP contribution in [0.3, 0.4) is 0 Å². The third kappa shape index (κ3) is 2.88. The summed E-state index contributed by atoms with van der Waals surface area (Å²) in [5.41, 5.74) is 6.35. The molecule has 1 saturated carbocycles. The van der Waals surface area contributed by atoms with Gasteiger partial charge < -0.3 is 11.1 Å². The van der Waals surface area contributed by atoms with Crippen molar-refractivity contribution in [3.8, 4) is 0 Å². The maximum absolute atomic E-state index is 12.8. The van der Waals surface area contributed by atoms with E-state index < -0.39 is 5.54 Å². The summed E-state index contributed by atoms with van der Waals surface area (Å²) in [5, 5.41) is 2.81. The predicted molar refractivity (Wildman–Crippen MR) is 69.6 cm³/mol. The van der Waals surface area contributed by atoms with Crippen LogP contribution in [0, 0.1) is 11.7 Å². The summed E-state index contributed by atoms with van der Waals surface area (Å²) in [5.74, 6) is -0.545. The smallest absolute Gasteiger partial charge is 0.229 e. The van der Waals surface area contributed by atoms with Crippen LogP contribution in [0.2, 0.25) is 0 Å². The maximum atomic E-state index is 12.8. The Morgan fingerprint density at radius 3 is 2.67 bits per heavy atom. The highest BCUT2D eigenvalue weighted by Gasteiger charge is 2.37. The van der Waals surface area contributed by atoms with E-state index in [-0.39, 0.29) is 17.6 Å². The van der Waals surface area contributed by atoms with Crippen molar-refractivity contribution in [1.29, 1.82) is 0 Å². The molecule has 1 aliphatic carbocycles. The van der Waals surface area contributed by atoms with E-state index in [1.54, 1.807) is 12.1 Å². The van der Waals surface area contributed by atoms with Gasteiger partial charge in [0, 0.05) is 11.2 Å². The Balaban J connectivity index is 2.05. The molecule has 1 aromatic carbocycles. The topological polar surface area (TPSA) is 55.1 Å². The molecule has 4 heteroatoms. The highest BCUT2D eigenvalue weighted by Crippen LogP contribution is 2.32. The predicted octanol–water partition coefficient (Wildman–Crippen LogP) is 2.67. The maximum Gasteiger partial charge on any atom is 0.229 e. The SMILES string of the molecule is CC1(N)CCCCC1C(=O)Nc1ccc(F)cc1. The van der Waals surface area contributed by atoms with E-state index in [0.717, 1.165) is 25.7 Å². The fourth-order valence-corrected chi connectivity index (χ4v) is 2.55. The summed E-state index contributed by atoms with van der Waals surface area (Å²) >= 11 is 0. The third-order valence-corrected chi connectivity index (χ3v) is 3.68. The van der Waals surface area contributed by atoms with Crippen molar-refractivity contribution >= 4 is 11.6 Å².